The molecular formula is C30H27BrF3N7O2. The van der Waals surface area contributed by atoms with Crippen molar-refractivity contribution in [3.05, 3.63) is 96.9 Å². The number of aryl methyl sites for hydroxylation is 4. The minimum atomic E-state index is -4.63. The van der Waals surface area contributed by atoms with Gasteiger partial charge in [0, 0.05) is 34.4 Å². The summed E-state index contributed by atoms with van der Waals surface area (Å²) < 4.78 is 45.6. The lowest BCUT2D eigenvalue weighted by atomic mass is 9.98. The molecule has 0 bridgehead atoms. The maximum atomic E-state index is 14.3. The van der Waals surface area contributed by atoms with Gasteiger partial charge in [-0.2, -0.15) is 18.3 Å². The van der Waals surface area contributed by atoms with Gasteiger partial charge in [-0.15, -0.1) is 0 Å². The van der Waals surface area contributed by atoms with E-state index in [0.717, 1.165) is 34.1 Å². The third-order valence-electron chi connectivity index (χ3n) is 7.82. The Balaban J connectivity index is 1.50. The van der Waals surface area contributed by atoms with E-state index >= 15 is 0 Å². The number of benzene rings is 2. The van der Waals surface area contributed by atoms with E-state index in [0.29, 0.717) is 16.9 Å². The Labute approximate surface area is 252 Å². The van der Waals surface area contributed by atoms with Gasteiger partial charge in [-0.1, -0.05) is 15.9 Å². The highest BCUT2D eigenvalue weighted by Crippen LogP contribution is 2.36. The van der Waals surface area contributed by atoms with E-state index in [-0.39, 0.29) is 34.5 Å². The van der Waals surface area contributed by atoms with Gasteiger partial charge in [0.1, 0.15) is 0 Å². The van der Waals surface area contributed by atoms with Gasteiger partial charge in [0.2, 0.25) is 5.95 Å². The van der Waals surface area contributed by atoms with Crippen LogP contribution in [-0.2, 0) is 26.2 Å². The molecule has 0 radical (unpaired) electrons. The molecule has 43 heavy (non-hydrogen) atoms. The first kappa shape index (κ1) is 28.8. The maximum absolute atomic E-state index is 14.3. The Hall–Kier alpha value is -4.26. The number of hydrogen-bond donors (Lipinski definition) is 0. The summed E-state index contributed by atoms with van der Waals surface area (Å²) >= 11 is 2.93. The van der Waals surface area contributed by atoms with Gasteiger partial charge in [0.25, 0.3) is 11.5 Å². The molecule has 222 valence electrons. The molecule has 0 fully saturated rings. The van der Waals surface area contributed by atoms with Crippen LogP contribution >= 0.6 is 15.9 Å². The molecule has 9 nitrogen and oxygen atoms in total. The van der Waals surface area contributed by atoms with Crippen molar-refractivity contribution in [1.29, 1.82) is 0 Å². The van der Waals surface area contributed by atoms with Crippen molar-refractivity contribution in [2.75, 3.05) is 0 Å². The first-order valence-corrected chi connectivity index (χ1v) is 14.3. The van der Waals surface area contributed by atoms with Crippen LogP contribution in [0.1, 0.15) is 51.1 Å². The second-order valence-corrected chi connectivity index (χ2v) is 11.8. The number of fused-ring (bicyclic) bond motifs is 2. The second kappa shape index (κ2) is 10.2. The first-order chi connectivity index (χ1) is 20.2. The number of hydrogen-bond acceptors (Lipinski definition) is 5. The van der Waals surface area contributed by atoms with Crippen LogP contribution in [0, 0.1) is 20.8 Å². The molecule has 5 aromatic rings. The van der Waals surface area contributed by atoms with E-state index in [2.05, 4.69) is 26.0 Å². The minimum absolute atomic E-state index is 0.0482. The number of alkyl halides is 3. The molecule has 0 saturated carbocycles. The summed E-state index contributed by atoms with van der Waals surface area (Å²) in [5, 5.41) is 4.59. The van der Waals surface area contributed by atoms with Gasteiger partial charge in [-0.05, 0) is 76.1 Å². The average Bonchev–Trinajstić information content (AvgIpc) is 3.48. The smallest absolute Gasteiger partial charge is 0.334 e. The lowest BCUT2D eigenvalue weighted by molar-refractivity contribution is -0.138. The van der Waals surface area contributed by atoms with Crippen LogP contribution in [0.5, 0.6) is 0 Å². The highest BCUT2D eigenvalue weighted by molar-refractivity contribution is 9.10. The molecule has 1 unspecified atom stereocenters. The van der Waals surface area contributed by atoms with Crippen LogP contribution < -0.4 is 5.56 Å². The predicted molar refractivity (Wildman–Crippen MR) is 158 cm³/mol. The lowest BCUT2D eigenvalue weighted by Gasteiger charge is -2.34. The molecule has 2 aromatic carbocycles. The van der Waals surface area contributed by atoms with E-state index in [4.69, 9.17) is 4.98 Å². The Morgan fingerprint density at radius 2 is 1.84 bits per heavy atom. The van der Waals surface area contributed by atoms with Crippen LogP contribution in [0.4, 0.5) is 13.2 Å². The Bertz CT molecular complexity index is 2010. The topological polar surface area (TPSA) is 90.8 Å². The van der Waals surface area contributed by atoms with Crippen molar-refractivity contribution in [1.82, 2.24) is 33.8 Å². The fourth-order valence-corrected chi connectivity index (χ4v) is 6.27. The molecule has 3 aromatic heterocycles. The number of carbonyl (C=O) groups is 1. The molecule has 0 spiro atoms. The summed E-state index contributed by atoms with van der Waals surface area (Å²) in [4.78, 5) is 38.7. The van der Waals surface area contributed by atoms with Crippen LogP contribution in [0.25, 0.3) is 22.7 Å². The van der Waals surface area contributed by atoms with E-state index < -0.39 is 23.7 Å². The Morgan fingerprint density at radius 3 is 2.51 bits per heavy atom. The van der Waals surface area contributed by atoms with Gasteiger partial charge in [0.15, 0.2) is 0 Å². The van der Waals surface area contributed by atoms with Crippen molar-refractivity contribution in [3.8, 4) is 11.6 Å². The quantitative estimate of drug-likeness (QED) is 0.253. The molecule has 13 heteroatoms. The van der Waals surface area contributed by atoms with Gasteiger partial charge < -0.3 is 9.47 Å². The summed E-state index contributed by atoms with van der Waals surface area (Å²) in [6.45, 7) is 7.36. The fourth-order valence-electron chi connectivity index (χ4n) is 5.80. The molecule has 1 aliphatic heterocycles. The van der Waals surface area contributed by atoms with Gasteiger partial charge in [-0.3, -0.25) is 9.59 Å². The Morgan fingerprint density at radius 1 is 1.09 bits per heavy atom. The van der Waals surface area contributed by atoms with Crippen LogP contribution in [-0.4, -0.2) is 45.7 Å². The zero-order valence-corrected chi connectivity index (χ0v) is 25.6. The van der Waals surface area contributed by atoms with Crippen molar-refractivity contribution >= 4 is 32.9 Å². The van der Waals surface area contributed by atoms with Crippen LogP contribution in [0.2, 0.25) is 0 Å². The van der Waals surface area contributed by atoms with Crippen LogP contribution in [0.3, 0.4) is 0 Å². The number of amides is 1. The first-order valence-electron chi connectivity index (χ1n) is 13.5. The fraction of sp³-hybridized carbons (Fsp3) is 0.300. The number of halogens is 4. The van der Waals surface area contributed by atoms with Crippen molar-refractivity contribution in [3.63, 3.8) is 0 Å². The summed E-state index contributed by atoms with van der Waals surface area (Å²) in [7, 11) is 1.91. The minimum Gasteiger partial charge on any atom is -0.334 e. The molecule has 4 heterocycles. The molecule has 1 atom stereocenters. The lowest BCUT2D eigenvalue weighted by Crippen LogP contribution is -2.46. The van der Waals surface area contributed by atoms with Gasteiger partial charge in [0.05, 0.1) is 46.5 Å². The number of aromatic nitrogens is 6. The summed E-state index contributed by atoms with van der Waals surface area (Å²) in [5.74, 6) is -0.333. The van der Waals surface area contributed by atoms with Crippen molar-refractivity contribution in [2.45, 2.75) is 52.9 Å². The SMILES string of the molecule is Cc1cc(C)n(-c2nc3c(c(=O)n2-c2cc(C)c4c(c2)ncn4C)CC(C)N(C(=O)c2ccc(Br)c(C(F)(F)F)c2)C3)n1. The number of rotatable bonds is 3. The number of imidazole rings is 1. The number of nitrogens with zero attached hydrogens (tertiary/aromatic N) is 7. The normalized spacial score (nSPS) is 15.3. The van der Waals surface area contributed by atoms with Crippen molar-refractivity contribution in [2.24, 2.45) is 7.05 Å². The largest absolute Gasteiger partial charge is 0.417 e. The van der Waals surface area contributed by atoms with Crippen LogP contribution in [0.15, 0.2) is 52.0 Å². The number of carbonyl (C=O) groups excluding carboxylic acids is 1. The zero-order chi connectivity index (χ0) is 31.0. The molecule has 1 amide bonds. The van der Waals surface area contributed by atoms with E-state index in [9.17, 15) is 22.8 Å². The van der Waals surface area contributed by atoms with Crippen molar-refractivity contribution < 1.29 is 18.0 Å². The molecule has 0 saturated heterocycles. The second-order valence-electron chi connectivity index (χ2n) is 11.0. The molecule has 0 N–H and O–H groups in total. The highest BCUT2D eigenvalue weighted by atomic mass is 79.9. The third-order valence-corrected chi connectivity index (χ3v) is 8.51. The summed E-state index contributed by atoms with van der Waals surface area (Å²) in [6.07, 6.45) is -2.74. The summed E-state index contributed by atoms with van der Waals surface area (Å²) in [6, 6.07) is 8.55. The molecular weight excluding hydrogens is 627 g/mol. The highest BCUT2D eigenvalue weighted by Gasteiger charge is 2.36. The molecule has 1 aliphatic rings. The van der Waals surface area contributed by atoms with Gasteiger partial charge >= 0.3 is 6.18 Å². The zero-order valence-electron chi connectivity index (χ0n) is 24.0. The van der Waals surface area contributed by atoms with Gasteiger partial charge in [-0.25, -0.2) is 19.2 Å². The predicted octanol–water partition coefficient (Wildman–Crippen LogP) is 5.60. The van der Waals surface area contributed by atoms with E-state index in [1.165, 1.54) is 21.6 Å². The molecule has 0 aliphatic carbocycles. The Kier molecular flexibility index (Phi) is 6.83. The standard InChI is InChI=1S/C30H27BrF3N7O2/c1-15-8-20(12-24-26(15)38(5)14-35-24)40-28(43)21-10-17(3)39(13-25(21)36-29(40)41-18(4)9-16(2)37-41)27(42)19-6-7-23(31)22(11-19)30(32,33)34/h6-9,11-12,14,17H,10,13H2,1-5H3. The third kappa shape index (κ3) is 4.85. The molecule has 6 rings (SSSR count). The maximum Gasteiger partial charge on any atom is 0.417 e. The monoisotopic (exact) mass is 653 g/mol. The van der Waals surface area contributed by atoms with E-state index in [1.54, 1.807) is 17.9 Å². The van der Waals surface area contributed by atoms with E-state index in [1.807, 2.05) is 50.6 Å². The summed E-state index contributed by atoms with van der Waals surface area (Å²) in [5.41, 5.74) is 4.12. The average molecular weight is 654 g/mol.